The van der Waals surface area contributed by atoms with Gasteiger partial charge in [0.05, 0.1) is 6.21 Å². The molecule has 0 amide bonds. The molecule has 116 valence electrons. The van der Waals surface area contributed by atoms with E-state index in [4.69, 9.17) is 11.6 Å². The van der Waals surface area contributed by atoms with E-state index in [9.17, 15) is 0 Å². The highest BCUT2D eigenvalue weighted by Gasteiger charge is 2.15. The summed E-state index contributed by atoms with van der Waals surface area (Å²) in [5.41, 5.74) is 2.62. The summed E-state index contributed by atoms with van der Waals surface area (Å²) in [6.45, 7) is 7.16. The zero-order valence-electron chi connectivity index (χ0n) is 12.7. The smallest absolute Gasteiger partial charge is 0.0645 e. The zero-order valence-corrected chi connectivity index (χ0v) is 14.3. The Labute approximate surface area is 140 Å². The first-order chi connectivity index (χ1) is 10.7. The lowest BCUT2D eigenvalue weighted by Gasteiger charge is -2.33. The molecule has 2 aromatic rings. The lowest BCUT2D eigenvalue weighted by Crippen LogP contribution is -2.43. The molecule has 5 heteroatoms. The third-order valence-corrected chi connectivity index (χ3v) is 5.11. The molecule has 1 aromatic carbocycles. The van der Waals surface area contributed by atoms with E-state index in [1.54, 1.807) is 11.3 Å². The molecule has 0 atom stereocenters. The number of thiophene rings is 1. The van der Waals surface area contributed by atoms with Crippen molar-refractivity contribution in [3.05, 3.63) is 56.7 Å². The molecule has 0 aliphatic carbocycles. The van der Waals surface area contributed by atoms with E-state index in [0.29, 0.717) is 0 Å². The van der Waals surface area contributed by atoms with Crippen LogP contribution in [0.2, 0.25) is 5.02 Å². The van der Waals surface area contributed by atoms with Gasteiger partial charge in [0.2, 0.25) is 0 Å². The van der Waals surface area contributed by atoms with Crippen molar-refractivity contribution in [2.45, 2.75) is 13.5 Å². The van der Waals surface area contributed by atoms with Gasteiger partial charge >= 0.3 is 0 Å². The minimum absolute atomic E-state index is 0.798. The van der Waals surface area contributed by atoms with Crippen molar-refractivity contribution in [1.82, 2.24) is 9.91 Å². The highest BCUT2D eigenvalue weighted by molar-refractivity contribution is 7.11. The van der Waals surface area contributed by atoms with E-state index in [1.807, 2.05) is 18.3 Å². The maximum absolute atomic E-state index is 5.93. The molecule has 22 heavy (non-hydrogen) atoms. The maximum Gasteiger partial charge on any atom is 0.0645 e. The summed E-state index contributed by atoms with van der Waals surface area (Å²) >= 11 is 7.67. The third-order valence-electron chi connectivity index (χ3n) is 3.91. The minimum Gasteiger partial charge on any atom is -0.295 e. The van der Waals surface area contributed by atoms with Crippen LogP contribution in [0.1, 0.15) is 16.0 Å². The van der Waals surface area contributed by atoms with Crippen LogP contribution in [0.25, 0.3) is 0 Å². The Hall–Kier alpha value is -1.36. The van der Waals surface area contributed by atoms with Crippen molar-refractivity contribution >= 4 is 29.2 Å². The van der Waals surface area contributed by atoms with Gasteiger partial charge in [-0.2, -0.15) is 5.10 Å². The molecule has 1 aliphatic rings. The van der Waals surface area contributed by atoms with Gasteiger partial charge in [-0.05, 0) is 41.6 Å². The molecule has 2 heterocycles. The van der Waals surface area contributed by atoms with Gasteiger partial charge in [-0.25, -0.2) is 0 Å². The lowest BCUT2D eigenvalue weighted by molar-refractivity contribution is 0.131. The second kappa shape index (κ2) is 7.27. The average Bonchev–Trinajstić information content (AvgIpc) is 2.94. The Morgan fingerprint density at radius 2 is 1.86 bits per heavy atom. The second-order valence-electron chi connectivity index (χ2n) is 5.57. The van der Waals surface area contributed by atoms with E-state index < -0.39 is 0 Å². The number of nitrogens with zero attached hydrogens (tertiary/aromatic N) is 3. The summed E-state index contributed by atoms with van der Waals surface area (Å²) in [5, 5.41) is 9.69. The van der Waals surface area contributed by atoms with E-state index in [-0.39, 0.29) is 0 Å². The van der Waals surface area contributed by atoms with E-state index >= 15 is 0 Å². The molecule has 0 spiro atoms. The van der Waals surface area contributed by atoms with Crippen LogP contribution in [0, 0.1) is 6.92 Å². The second-order valence-corrected chi connectivity index (χ2v) is 6.95. The Morgan fingerprint density at radius 3 is 2.50 bits per heavy atom. The summed E-state index contributed by atoms with van der Waals surface area (Å²) in [6.07, 6.45) is 1.99. The molecule has 3 nitrogen and oxygen atoms in total. The number of rotatable bonds is 4. The van der Waals surface area contributed by atoms with Gasteiger partial charge < -0.3 is 0 Å². The quantitative estimate of drug-likeness (QED) is 0.791. The largest absolute Gasteiger partial charge is 0.295 e. The Bertz CT molecular complexity index is 628. The summed E-state index contributed by atoms with van der Waals surface area (Å²) < 4.78 is 0. The molecule has 0 radical (unpaired) electrons. The fourth-order valence-electron chi connectivity index (χ4n) is 2.51. The summed E-state index contributed by atoms with van der Waals surface area (Å²) in [5.74, 6) is 0. The maximum atomic E-state index is 5.93. The van der Waals surface area contributed by atoms with Crippen LogP contribution in [-0.4, -0.2) is 42.3 Å². The molecule has 1 fully saturated rings. The Morgan fingerprint density at radius 1 is 1.14 bits per heavy atom. The first-order valence-corrected chi connectivity index (χ1v) is 8.76. The van der Waals surface area contributed by atoms with Crippen molar-refractivity contribution < 1.29 is 0 Å². The zero-order chi connectivity index (χ0) is 15.4. The van der Waals surface area contributed by atoms with Crippen LogP contribution in [0.4, 0.5) is 0 Å². The fraction of sp³-hybridized carbons (Fsp3) is 0.353. The molecule has 3 rings (SSSR count). The van der Waals surface area contributed by atoms with Gasteiger partial charge in [0.1, 0.15) is 0 Å². The molecule has 1 aromatic heterocycles. The van der Waals surface area contributed by atoms with Crippen LogP contribution in [0.5, 0.6) is 0 Å². The number of piperazine rings is 1. The Kier molecular flexibility index (Phi) is 5.13. The normalized spacial score (nSPS) is 16.5. The molecule has 1 saturated heterocycles. The van der Waals surface area contributed by atoms with Crippen molar-refractivity contribution in [3.8, 4) is 0 Å². The van der Waals surface area contributed by atoms with Crippen LogP contribution in [0.15, 0.2) is 40.8 Å². The molecule has 0 saturated carbocycles. The van der Waals surface area contributed by atoms with E-state index in [0.717, 1.165) is 37.7 Å². The van der Waals surface area contributed by atoms with Crippen LogP contribution in [0.3, 0.4) is 0 Å². The molecule has 1 aliphatic heterocycles. The first kappa shape index (κ1) is 15.5. The summed E-state index contributed by atoms with van der Waals surface area (Å²) in [7, 11) is 0. The molecular formula is C17H20ClN3S. The third kappa shape index (κ3) is 4.09. The van der Waals surface area contributed by atoms with Crippen molar-refractivity contribution in [3.63, 3.8) is 0 Å². The number of halogens is 1. The Balaban J connectivity index is 1.49. The standard InChI is InChI=1S/C17H20ClN3S/c1-14-6-11-22-17(14)12-19-21-9-7-20(8-10-21)13-15-2-4-16(18)5-3-15/h2-6,11-12H,7-10,13H2,1H3/b19-12+. The topological polar surface area (TPSA) is 18.8 Å². The SMILES string of the molecule is Cc1ccsc1/C=N/N1CCN(Cc2ccc(Cl)cc2)CC1. The van der Waals surface area contributed by atoms with Crippen LogP contribution < -0.4 is 0 Å². The monoisotopic (exact) mass is 333 g/mol. The first-order valence-electron chi connectivity index (χ1n) is 7.50. The number of hydrogen-bond donors (Lipinski definition) is 0. The lowest BCUT2D eigenvalue weighted by atomic mass is 10.2. The number of hydrazone groups is 1. The molecule has 0 N–H and O–H groups in total. The summed E-state index contributed by atoms with van der Waals surface area (Å²) in [6, 6.07) is 10.3. The van der Waals surface area contributed by atoms with Gasteiger partial charge in [0, 0.05) is 42.6 Å². The minimum atomic E-state index is 0.798. The van der Waals surface area contributed by atoms with Crippen LogP contribution in [-0.2, 0) is 6.54 Å². The average molecular weight is 334 g/mol. The van der Waals surface area contributed by atoms with Gasteiger partial charge in [-0.1, -0.05) is 23.7 Å². The van der Waals surface area contributed by atoms with E-state index in [2.05, 4.69) is 45.5 Å². The van der Waals surface area contributed by atoms with Crippen LogP contribution >= 0.6 is 22.9 Å². The van der Waals surface area contributed by atoms with Gasteiger partial charge in [0.15, 0.2) is 0 Å². The molecule has 0 unspecified atom stereocenters. The van der Waals surface area contributed by atoms with Crippen molar-refractivity contribution in [2.24, 2.45) is 5.10 Å². The van der Waals surface area contributed by atoms with Crippen molar-refractivity contribution in [1.29, 1.82) is 0 Å². The molecule has 0 bridgehead atoms. The fourth-order valence-corrected chi connectivity index (χ4v) is 3.42. The highest BCUT2D eigenvalue weighted by atomic mass is 35.5. The number of aryl methyl sites for hydroxylation is 1. The van der Waals surface area contributed by atoms with Gasteiger partial charge in [0.25, 0.3) is 0 Å². The van der Waals surface area contributed by atoms with Gasteiger partial charge in [-0.15, -0.1) is 11.3 Å². The van der Waals surface area contributed by atoms with Crippen molar-refractivity contribution in [2.75, 3.05) is 26.2 Å². The highest BCUT2D eigenvalue weighted by Crippen LogP contribution is 2.15. The number of hydrogen-bond acceptors (Lipinski definition) is 4. The summed E-state index contributed by atoms with van der Waals surface area (Å²) in [4.78, 5) is 3.72. The van der Waals surface area contributed by atoms with Gasteiger partial charge in [-0.3, -0.25) is 9.91 Å². The predicted octanol–water partition coefficient (Wildman–Crippen LogP) is 3.86. The number of benzene rings is 1. The predicted molar refractivity (Wildman–Crippen MR) is 95.0 cm³/mol. The van der Waals surface area contributed by atoms with E-state index in [1.165, 1.54) is 16.0 Å². The molecular weight excluding hydrogens is 314 g/mol.